The van der Waals surface area contributed by atoms with Crippen LogP contribution in [0, 0.1) is 0 Å². The van der Waals surface area contributed by atoms with Gasteiger partial charge >= 0.3 is 0 Å². The van der Waals surface area contributed by atoms with Gasteiger partial charge in [-0.1, -0.05) is 0 Å². The third-order valence-corrected chi connectivity index (χ3v) is 6.42. The number of hydrogen-bond donors (Lipinski definition) is 1. The first-order valence-electron chi connectivity index (χ1n) is 10.4. The highest BCUT2D eigenvalue weighted by molar-refractivity contribution is 7.13. The number of nitrogens with two attached hydrogens (primary N) is 1. The van der Waals surface area contributed by atoms with Gasteiger partial charge in [-0.3, -0.25) is 9.48 Å². The number of primary amides is 1. The zero-order chi connectivity index (χ0) is 22.1. The molecule has 0 saturated heterocycles. The summed E-state index contributed by atoms with van der Waals surface area (Å²) in [5.74, 6) is -0.233. The molecular formula is C20H22N8O3S. The van der Waals surface area contributed by atoms with E-state index in [2.05, 4.69) is 20.3 Å². The molecule has 4 aromatic heterocycles. The topological polar surface area (TPSA) is 140 Å². The zero-order valence-corrected chi connectivity index (χ0v) is 18.2. The third-order valence-electron chi connectivity index (χ3n) is 5.53. The molecule has 4 heterocycles. The van der Waals surface area contributed by atoms with Crippen molar-refractivity contribution in [3.63, 3.8) is 0 Å². The molecule has 5 rings (SSSR count). The van der Waals surface area contributed by atoms with Crippen molar-refractivity contribution in [3.05, 3.63) is 36.1 Å². The van der Waals surface area contributed by atoms with Gasteiger partial charge in [0, 0.05) is 23.7 Å². The van der Waals surface area contributed by atoms with Crippen molar-refractivity contribution in [1.29, 1.82) is 0 Å². The van der Waals surface area contributed by atoms with Crippen LogP contribution in [0.4, 0.5) is 0 Å². The maximum atomic E-state index is 11.4. The first-order chi connectivity index (χ1) is 15.6. The Bertz CT molecular complexity index is 1200. The van der Waals surface area contributed by atoms with Crippen LogP contribution in [0.3, 0.4) is 0 Å². The quantitative estimate of drug-likeness (QED) is 0.449. The highest BCUT2D eigenvalue weighted by Gasteiger charge is 2.26. The average molecular weight is 455 g/mol. The lowest BCUT2D eigenvalue weighted by Crippen LogP contribution is -2.24. The molecule has 0 aliphatic heterocycles. The molecule has 0 atom stereocenters. The highest BCUT2D eigenvalue weighted by atomic mass is 32.1. The van der Waals surface area contributed by atoms with Gasteiger partial charge < -0.3 is 14.9 Å². The molecule has 1 aliphatic rings. The average Bonchev–Trinajstić information content (AvgIpc) is 3.60. The van der Waals surface area contributed by atoms with E-state index in [0.717, 1.165) is 43.5 Å². The number of rotatable bonds is 7. The Kier molecular flexibility index (Phi) is 5.53. The second-order valence-electron chi connectivity index (χ2n) is 7.55. The second-order valence-corrected chi connectivity index (χ2v) is 8.41. The van der Waals surface area contributed by atoms with Crippen LogP contribution in [0.5, 0.6) is 0 Å². The number of ether oxygens (including phenoxy) is 1. The minimum Gasteiger partial charge on any atom is -0.422 e. The molecule has 0 aromatic carbocycles. The summed E-state index contributed by atoms with van der Waals surface area (Å²) in [5, 5.41) is 19.4. The van der Waals surface area contributed by atoms with Crippen LogP contribution >= 0.6 is 11.3 Å². The summed E-state index contributed by atoms with van der Waals surface area (Å²) < 4.78 is 14.9. The molecule has 4 aromatic rings. The number of carbonyl (C=O) groups excluding carboxylic acids is 1. The van der Waals surface area contributed by atoms with E-state index in [1.165, 1.54) is 17.7 Å². The summed E-state index contributed by atoms with van der Waals surface area (Å²) in [6.45, 7) is 2.77. The van der Waals surface area contributed by atoms with Crippen LogP contribution in [0.2, 0.25) is 0 Å². The summed E-state index contributed by atoms with van der Waals surface area (Å²) in [5.41, 5.74) is 7.60. The molecule has 2 N–H and O–H groups in total. The van der Waals surface area contributed by atoms with Gasteiger partial charge in [-0.2, -0.15) is 10.2 Å². The van der Waals surface area contributed by atoms with Gasteiger partial charge in [-0.15, -0.1) is 21.5 Å². The van der Waals surface area contributed by atoms with E-state index in [1.807, 2.05) is 24.0 Å². The standard InChI is InChI=1S/C20H22N8O3S/c1-2-30-14-5-3-13(4-6-14)27-9-16(17(26-27)19-25-22-11-31-19)28-8-12(7-23-28)20-24-15(10-32-20)18(21)29/h7-11,13-14H,2-6H2,1H3,(H2,21,29). The highest BCUT2D eigenvalue weighted by Crippen LogP contribution is 2.33. The molecule has 11 nitrogen and oxygen atoms in total. The number of thiazole rings is 1. The first-order valence-corrected chi connectivity index (χ1v) is 11.3. The van der Waals surface area contributed by atoms with E-state index in [4.69, 9.17) is 20.0 Å². The monoisotopic (exact) mass is 454 g/mol. The fraction of sp³-hybridized carbons (Fsp3) is 0.400. The predicted octanol–water partition coefficient (Wildman–Crippen LogP) is 2.86. The molecule has 1 fully saturated rings. The summed E-state index contributed by atoms with van der Waals surface area (Å²) in [6.07, 6.45) is 11.0. The summed E-state index contributed by atoms with van der Waals surface area (Å²) in [4.78, 5) is 15.6. The molecule has 0 bridgehead atoms. The van der Waals surface area contributed by atoms with Gasteiger partial charge in [-0.25, -0.2) is 9.67 Å². The van der Waals surface area contributed by atoms with Gasteiger partial charge in [0.25, 0.3) is 11.8 Å². The molecule has 12 heteroatoms. The molecule has 0 spiro atoms. The SMILES string of the molecule is CCOC1CCC(n2cc(-n3cc(-c4nc(C(N)=O)cs4)cn3)c(-c3nnco3)n2)CC1. The molecule has 1 amide bonds. The van der Waals surface area contributed by atoms with Crippen LogP contribution in [0.1, 0.15) is 49.1 Å². The van der Waals surface area contributed by atoms with Crippen molar-refractivity contribution in [2.75, 3.05) is 6.61 Å². The van der Waals surface area contributed by atoms with Crippen molar-refractivity contribution in [2.24, 2.45) is 5.73 Å². The number of amides is 1. The molecule has 1 aliphatic carbocycles. The zero-order valence-electron chi connectivity index (χ0n) is 17.4. The van der Waals surface area contributed by atoms with E-state index in [-0.39, 0.29) is 11.7 Å². The van der Waals surface area contributed by atoms with E-state index >= 15 is 0 Å². The molecule has 166 valence electrons. The number of nitrogens with zero attached hydrogens (tertiary/aromatic N) is 7. The minimum absolute atomic E-state index is 0.236. The lowest BCUT2D eigenvalue weighted by molar-refractivity contribution is 0.0260. The molecule has 0 unspecified atom stereocenters. The Hall–Kier alpha value is -3.38. The Morgan fingerprint density at radius 3 is 2.84 bits per heavy atom. The summed E-state index contributed by atoms with van der Waals surface area (Å²) in [6, 6.07) is 0.259. The Morgan fingerprint density at radius 2 is 2.16 bits per heavy atom. The van der Waals surface area contributed by atoms with E-state index in [9.17, 15) is 4.79 Å². The molecule has 0 radical (unpaired) electrons. The van der Waals surface area contributed by atoms with Gasteiger partial charge in [0.15, 0.2) is 5.69 Å². The predicted molar refractivity (Wildman–Crippen MR) is 115 cm³/mol. The third kappa shape index (κ3) is 3.94. The Morgan fingerprint density at radius 1 is 1.31 bits per heavy atom. The number of hydrogen-bond acceptors (Lipinski definition) is 9. The molecular weight excluding hydrogens is 432 g/mol. The first kappa shape index (κ1) is 20.5. The van der Waals surface area contributed by atoms with E-state index in [1.54, 1.807) is 16.3 Å². The Balaban J connectivity index is 1.46. The fourth-order valence-corrected chi connectivity index (χ4v) is 4.75. The van der Waals surface area contributed by atoms with E-state index < -0.39 is 5.91 Å². The van der Waals surface area contributed by atoms with Gasteiger partial charge in [-0.05, 0) is 32.6 Å². The normalized spacial score (nSPS) is 18.8. The van der Waals surface area contributed by atoms with Crippen LogP contribution < -0.4 is 5.73 Å². The second kappa shape index (κ2) is 8.63. The molecule has 32 heavy (non-hydrogen) atoms. The van der Waals surface area contributed by atoms with E-state index in [0.29, 0.717) is 22.7 Å². The maximum Gasteiger partial charge on any atom is 0.270 e. The van der Waals surface area contributed by atoms with Crippen LogP contribution in [0.25, 0.3) is 27.8 Å². The van der Waals surface area contributed by atoms with Crippen molar-refractivity contribution < 1.29 is 13.9 Å². The Labute approximate surface area is 187 Å². The van der Waals surface area contributed by atoms with Gasteiger partial charge in [0.1, 0.15) is 16.4 Å². The summed E-state index contributed by atoms with van der Waals surface area (Å²) >= 11 is 1.33. The largest absolute Gasteiger partial charge is 0.422 e. The lowest BCUT2D eigenvalue weighted by Gasteiger charge is -2.28. The minimum atomic E-state index is -0.557. The van der Waals surface area contributed by atoms with Crippen LogP contribution in [-0.2, 0) is 4.74 Å². The van der Waals surface area contributed by atoms with Gasteiger partial charge in [0.05, 0.1) is 24.5 Å². The molecule has 1 saturated carbocycles. The number of aromatic nitrogens is 7. The van der Waals surface area contributed by atoms with Crippen molar-refractivity contribution in [1.82, 2.24) is 34.7 Å². The smallest absolute Gasteiger partial charge is 0.270 e. The summed E-state index contributed by atoms with van der Waals surface area (Å²) in [7, 11) is 0. The van der Waals surface area contributed by atoms with Crippen LogP contribution in [0.15, 0.2) is 34.8 Å². The number of carbonyl (C=O) groups is 1. The van der Waals surface area contributed by atoms with Crippen LogP contribution in [-0.4, -0.2) is 53.4 Å². The van der Waals surface area contributed by atoms with Crippen molar-refractivity contribution >= 4 is 17.2 Å². The van der Waals surface area contributed by atoms with Crippen molar-refractivity contribution in [2.45, 2.75) is 44.8 Å². The fourth-order valence-electron chi connectivity index (χ4n) is 3.96. The van der Waals surface area contributed by atoms with Crippen molar-refractivity contribution in [3.8, 4) is 27.8 Å². The lowest BCUT2D eigenvalue weighted by atomic mass is 9.93. The maximum absolute atomic E-state index is 11.4. The van der Waals surface area contributed by atoms with Gasteiger partial charge in [0.2, 0.25) is 6.39 Å².